The molecule has 110 valence electrons. The summed E-state index contributed by atoms with van der Waals surface area (Å²) in [4.78, 5) is 13.9. The molecule has 1 fully saturated rings. The van der Waals surface area contributed by atoms with Crippen LogP contribution in [0.4, 0.5) is 0 Å². The number of benzene rings is 1. The fourth-order valence-electron chi connectivity index (χ4n) is 2.64. The molecule has 0 unspecified atom stereocenters. The highest BCUT2D eigenvalue weighted by molar-refractivity contribution is 5.93. The third kappa shape index (κ3) is 2.34. The first-order chi connectivity index (χ1) is 10.0. The molecule has 2 N–H and O–H groups in total. The highest BCUT2D eigenvalue weighted by Gasteiger charge is 2.45. The predicted molar refractivity (Wildman–Crippen MR) is 75.6 cm³/mol. The lowest BCUT2D eigenvalue weighted by Crippen LogP contribution is -2.61. The van der Waals surface area contributed by atoms with Crippen molar-refractivity contribution in [3.05, 3.63) is 59.0 Å². The third-order valence-corrected chi connectivity index (χ3v) is 3.82. The molecule has 0 saturated carbocycles. The molecule has 3 rings (SSSR count). The van der Waals surface area contributed by atoms with E-state index < -0.39 is 5.60 Å². The number of aliphatic hydroxyl groups is 2. The van der Waals surface area contributed by atoms with Gasteiger partial charge in [-0.2, -0.15) is 0 Å². The fraction of sp³-hybridized carbons (Fsp3) is 0.312. The van der Waals surface area contributed by atoms with Crippen LogP contribution >= 0.6 is 0 Å². The van der Waals surface area contributed by atoms with E-state index in [1.165, 1.54) is 0 Å². The Labute approximate surface area is 122 Å². The summed E-state index contributed by atoms with van der Waals surface area (Å²) in [6, 6.07) is 11.0. The minimum absolute atomic E-state index is 0.231. The van der Waals surface area contributed by atoms with E-state index in [1.807, 2.05) is 30.3 Å². The second-order valence-electron chi connectivity index (χ2n) is 5.44. The van der Waals surface area contributed by atoms with Gasteiger partial charge in [0, 0.05) is 5.56 Å². The molecule has 5 nitrogen and oxygen atoms in total. The van der Waals surface area contributed by atoms with Gasteiger partial charge in [0.1, 0.15) is 18.0 Å². The number of β-amino-alcohol motifs (C(OH)–C–C–N with tert-alkyl or cyclic N) is 1. The van der Waals surface area contributed by atoms with Gasteiger partial charge >= 0.3 is 0 Å². The lowest BCUT2D eigenvalue weighted by molar-refractivity contribution is -0.0872. The minimum atomic E-state index is -0.989. The van der Waals surface area contributed by atoms with Crippen LogP contribution in [0.15, 0.2) is 40.8 Å². The van der Waals surface area contributed by atoms with E-state index in [4.69, 9.17) is 9.52 Å². The lowest BCUT2D eigenvalue weighted by Gasteiger charge is -2.46. The molecule has 5 heteroatoms. The first kappa shape index (κ1) is 13.9. The Bertz CT molecular complexity index is 656. The van der Waals surface area contributed by atoms with Gasteiger partial charge in [0.25, 0.3) is 5.91 Å². The maximum Gasteiger partial charge on any atom is 0.290 e. The van der Waals surface area contributed by atoms with Gasteiger partial charge in [0.15, 0.2) is 5.76 Å². The monoisotopic (exact) mass is 287 g/mol. The quantitative estimate of drug-likeness (QED) is 0.895. The Hall–Kier alpha value is -2.11. The molecule has 2 aromatic rings. The Morgan fingerprint density at radius 1 is 1.33 bits per heavy atom. The zero-order valence-corrected chi connectivity index (χ0v) is 11.7. The predicted octanol–water partition coefficient (Wildman–Crippen LogP) is 1.42. The standard InChI is InChI=1S/C16H17NO4/c1-11-7-13(8-18)21-14(11)15(19)17-9-16(20,10-17)12-5-3-2-4-6-12/h2-7,18,20H,8-10H2,1H3. The first-order valence-electron chi connectivity index (χ1n) is 6.81. The molecule has 1 amide bonds. The van der Waals surface area contributed by atoms with E-state index in [-0.39, 0.29) is 31.4 Å². The van der Waals surface area contributed by atoms with Gasteiger partial charge in [-0.15, -0.1) is 0 Å². The summed E-state index contributed by atoms with van der Waals surface area (Å²) < 4.78 is 5.33. The van der Waals surface area contributed by atoms with Crippen molar-refractivity contribution in [2.45, 2.75) is 19.1 Å². The molecule has 0 aliphatic carbocycles. The van der Waals surface area contributed by atoms with Crippen LogP contribution in [0.1, 0.15) is 27.4 Å². The normalized spacial score (nSPS) is 16.6. The Kier molecular flexibility index (Phi) is 3.31. The summed E-state index contributed by atoms with van der Waals surface area (Å²) in [7, 11) is 0. The third-order valence-electron chi connectivity index (χ3n) is 3.82. The van der Waals surface area contributed by atoms with Crippen molar-refractivity contribution in [3.8, 4) is 0 Å². The highest BCUT2D eigenvalue weighted by Crippen LogP contribution is 2.33. The van der Waals surface area contributed by atoms with Crippen molar-refractivity contribution in [1.29, 1.82) is 0 Å². The Balaban J connectivity index is 1.73. The molecule has 1 aromatic carbocycles. The van der Waals surface area contributed by atoms with E-state index in [9.17, 15) is 9.90 Å². The van der Waals surface area contributed by atoms with Crippen LogP contribution in [0, 0.1) is 6.92 Å². The fourth-order valence-corrected chi connectivity index (χ4v) is 2.64. The van der Waals surface area contributed by atoms with E-state index in [1.54, 1.807) is 17.9 Å². The Morgan fingerprint density at radius 3 is 2.57 bits per heavy atom. The van der Waals surface area contributed by atoms with Gasteiger partial charge in [-0.05, 0) is 18.6 Å². The van der Waals surface area contributed by atoms with Crippen LogP contribution < -0.4 is 0 Å². The molecule has 0 atom stereocenters. The van der Waals surface area contributed by atoms with Crippen LogP contribution in [0.25, 0.3) is 0 Å². The van der Waals surface area contributed by atoms with Crippen LogP contribution in [-0.2, 0) is 12.2 Å². The van der Waals surface area contributed by atoms with Crippen molar-refractivity contribution in [2.24, 2.45) is 0 Å². The summed E-state index contributed by atoms with van der Waals surface area (Å²) in [6.07, 6.45) is 0. The lowest BCUT2D eigenvalue weighted by atomic mass is 9.86. The van der Waals surface area contributed by atoms with Crippen molar-refractivity contribution < 1.29 is 19.4 Å². The Morgan fingerprint density at radius 2 is 2.00 bits per heavy atom. The number of hydrogen-bond acceptors (Lipinski definition) is 4. The number of furan rings is 1. The van der Waals surface area contributed by atoms with Crippen LogP contribution in [-0.4, -0.2) is 34.1 Å². The van der Waals surface area contributed by atoms with E-state index in [0.717, 1.165) is 5.56 Å². The number of likely N-dealkylation sites (tertiary alicyclic amines) is 1. The summed E-state index contributed by atoms with van der Waals surface area (Å²) in [6.45, 7) is 2.01. The van der Waals surface area contributed by atoms with Crippen molar-refractivity contribution >= 4 is 5.91 Å². The van der Waals surface area contributed by atoms with Gasteiger partial charge < -0.3 is 19.5 Å². The highest BCUT2D eigenvalue weighted by atomic mass is 16.4. The number of aryl methyl sites for hydroxylation is 1. The zero-order chi connectivity index (χ0) is 15.0. The van der Waals surface area contributed by atoms with Gasteiger partial charge in [0.2, 0.25) is 0 Å². The van der Waals surface area contributed by atoms with E-state index in [0.29, 0.717) is 11.3 Å². The van der Waals surface area contributed by atoms with E-state index >= 15 is 0 Å². The number of carbonyl (C=O) groups excluding carboxylic acids is 1. The molecule has 21 heavy (non-hydrogen) atoms. The molecule has 0 radical (unpaired) electrons. The molecular weight excluding hydrogens is 270 g/mol. The topological polar surface area (TPSA) is 73.9 Å². The summed E-state index contributed by atoms with van der Waals surface area (Å²) in [5.74, 6) is 0.344. The SMILES string of the molecule is Cc1cc(CO)oc1C(=O)N1CC(O)(c2ccccc2)C1. The number of nitrogens with zero attached hydrogens (tertiary/aromatic N) is 1. The molecule has 1 saturated heterocycles. The summed E-state index contributed by atoms with van der Waals surface area (Å²) in [5.41, 5.74) is 0.512. The number of aliphatic hydroxyl groups excluding tert-OH is 1. The number of rotatable bonds is 3. The molecule has 0 bridgehead atoms. The summed E-state index contributed by atoms with van der Waals surface area (Å²) >= 11 is 0. The van der Waals surface area contributed by atoms with Crippen molar-refractivity contribution in [2.75, 3.05) is 13.1 Å². The first-order valence-corrected chi connectivity index (χ1v) is 6.81. The number of carbonyl (C=O) groups is 1. The largest absolute Gasteiger partial charge is 0.453 e. The van der Waals surface area contributed by atoms with Crippen LogP contribution in [0.2, 0.25) is 0 Å². The van der Waals surface area contributed by atoms with Crippen LogP contribution in [0.5, 0.6) is 0 Å². The number of hydrogen-bond donors (Lipinski definition) is 2. The summed E-state index contributed by atoms with van der Waals surface area (Å²) in [5, 5.41) is 19.5. The van der Waals surface area contributed by atoms with Crippen molar-refractivity contribution in [3.63, 3.8) is 0 Å². The minimum Gasteiger partial charge on any atom is -0.453 e. The second-order valence-corrected chi connectivity index (χ2v) is 5.44. The second kappa shape index (κ2) is 5.02. The van der Waals surface area contributed by atoms with Gasteiger partial charge in [-0.1, -0.05) is 30.3 Å². The molecule has 2 heterocycles. The molecular formula is C16H17NO4. The van der Waals surface area contributed by atoms with Gasteiger partial charge in [0.05, 0.1) is 13.1 Å². The zero-order valence-electron chi connectivity index (χ0n) is 11.7. The average molecular weight is 287 g/mol. The maximum absolute atomic E-state index is 12.3. The van der Waals surface area contributed by atoms with Crippen molar-refractivity contribution in [1.82, 2.24) is 4.90 Å². The van der Waals surface area contributed by atoms with Gasteiger partial charge in [-0.3, -0.25) is 4.79 Å². The average Bonchev–Trinajstić information content (AvgIpc) is 2.85. The number of amides is 1. The maximum atomic E-state index is 12.3. The molecule has 1 aromatic heterocycles. The van der Waals surface area contributed by atoms with E-state index in [2.05, 4.69) is 0 Å². The molecule has 1 aliphatic heterocycles. The van der Waals surface area contributed by atoms with Crippen LogP contribution in [0.3, 0.4) is 0 Å². The molecule has 0 spiro atoms. The van der Waals surface area contributed by atoms with Gasteiger partial charge in [-0.25, -0.2) is 0 Å². The molecule has 1 aliphatic rings. The smallest absolute Gasteiger partial charge is 0.290 e.